The van der Waals surface area contributed by atoms with Gasteiger partial charge in [0, 0.05) is 12.2 Å². The van der Waals surface area contributed by atoms with Gasteiger partial charge < -0.3 is 5.11 Å². The summed E-state index contributed by atoms with van der Waals surface area (Å²) in [5.41, 5.74) is 0.368. The molecule has 0 spiro atoms. The number of rotatable bonds is 2. The van der Waals surface area contributed by atoms with Crippen molar-refractivity contribution in [2.24, 2.45) is 5.41 Å². The fourth-order valence-corrected chi connectivity index (χ4v) is 0.775. The van der Waals surface area contributed by atoms with E-state index in [1.165, 1.54) is 12.2 Å². The highest BCUT2D eigenvalue weighted by Gasteiger charge is 2.15. The minimum atomic E-state index is -0.993. The van der Waals surface area contributed by atoms with Gasteiger partial charge in [-0.05, 0) is 17.1 Å². The van der Waals surface area contributed by atoms with Gasteiger partial charge in [-0.1, -0.05) is 20.8 Å². The van der Waals surface area contributed by atoms with Crippen molar-refractivity contribution in [3.05, 3.63) is 23.8 Å². The Labute approximate surface area is 78.0 Å². The van der Waals surface area contributed by atoms with Crippen LogP contribution in [0.25, 0.3) is 0 Å². The Kier molecular flexibility index (Phi) is 3.93. The second kappa shape index (κ2) is 4.46. The lowest BCUT2D eigenvalue weighted by Gasteiger charge is -2.19. The van der Waals surface area contributed by atoms with Crippen LogP contribution >= 0.6 is 0 Å². The third kappa shape index (κ3) is 4.81. The van der Waals surface area contributed by atoms with Crippen LogP contribution in [0.2, 0.25) is 0 Å². The molecule has 1 N–H and O–H groups in total. The monoisotopic (exact) mass is 179 g/mol. The van der Waals surface area contributed by atoms with Crippen LogP contribution in [-0.4, -0.2) is 11.1 Å². The highest BCUT2D eigenvalue weighted by molar-refractivity contribution is 5.81. The van der Waals surface area contributed by atoms with Crippen LogP contribution < -0.4 is 0 Å². The Morgan fingerprint density at radius 1 is 1.46 bits per heavy atom. The Hall–Kier alpha value is -1.56. The quantitative estimate of drug-likeness (QED) is 0.401. The van der Waals surface area contributed by atoms with E-state index in [-0.39, 0.29) is 5.41 Å². The van der Waals surface area contributed by atoms with E-state index in [0.717, 1.165) is 6.08 Å². The minimum Gasteiger partial charge on any atom is -0.478 e. The average Bonchev–Trinajstić information content (AvgIpc) is 1.95. The molecule has 0 saturated carbocycles. The van der Waals surface area contributed by atoms with Crippen LogP contribution in [0.5, 0.6) is 0 Å². The summed E-state index contributed by atoms with van der Waals surface area (Å²) in [4.78, 5) is 10.4. The Morgan fingerprint density at radius 3 is 2.31 bits per heavy atom. The number of aliphatic carboxylic acids is 1. The van der Waals surface area contributed by atoms with Gasteiger partial charge in [-0.25, -0.2) is 4.79 Å². The number of hydrogen-bond donors (Lipinski definition) is 1. The van der Waals surface area contributed by atoms with E-state index in [4.69, 9.17) is 10.4 Å². The standard InChI is InChI=1S/C10H13NO2/c1-10(2,3)8(5-4-6-11)7-9(12)13/h4-5,7H,1-3H3,(H,12,13)/b5-4-,8-7-. The first kappa shape index (κ1) is 11.4. The third-order valence-electron chi connectivity index (χ3n) is 1.48. The van der Waals surface area contributed by atoms with Crippen molar-refractivity contribution >= 4 is 5.97 Å². The number of nitriles is 1. The summed E-state index contributed by atoms with van der Waals surface area (Å²) in [6, 6.07) is 1.83. The maximum atomic E-state index is 10.4. The summed E-state index contributed by atoms with van der Waals surface area (Å²) >= 11 is 0. The van der Waals surface area contributed by atoms with E-state index >= 15 is 0 Å². The zero-order chi connectivity index (χ0) is 10.5. The number of nitrogens with zero attached hydrogens (tertiary/aromatic N) is 1. The smallest absolute Gasteiger partial charge is 0.328 e. The summed E-state index contributed by atoms with van der Waals surface area (Å²) in [6.45, 7) is 5.68. The predicted molar refractivity (Wildman–Crippen MR) is 49.9 cm³/mol. The number of allylic oxidation sites excluding steroid dienone is 3. The molecule has 0 atom stereocenters. The van der Waals surface area contributed by atoms with Gasteiger partial charge in [-0.3, -0.25) is 0 Å². The van der Waals surface area contributed by atoms with Gasteiger partial charge in [0.2, 0.25) is 0 Å². The molecule has 0 aliphatic rings. The third-order valence-corrected chi connectivity index (χ3v) is 1.48. The zero-order valence-electron chi connectivity index (χ0n) is 8.03. The molecule has 0 unspecified atom stereocenters. The van der Waals surface area contributed by atoms with Gasteiger partial charge in [0.15, 0.2) is 0 Å². The summed E-state index contributed by atoms with van der Waals surface area (Å²) in [5.74, 6) is -0.993. The number of carbonyl (C=O) groups is 1. The van der Waals surface area contributed by atoms with Crippen molar-refractivity contribution in [1.82, 2.24) is 0 Å². The van der Waals surface area contributed by atoms with E-state index in [9.17, 15) is 4.79 Å². The Balaban J connectivity index is 4.90. The topological polar surface area (TPSA) is 61.1 Å². The highest BCUT2D eigenvalue weighted by atomic mass is 16.4. The number of hydrogen-bond acceptors (Lipinski definition) is 2. The van der Waals surface area contributed by atoms with E-state index in [2.05, 4.69) is 0 Å². The molecule has 0 amide bonds. The number of carboxylic acids is 1. The van der Waals surface area contributed by atoms with Crippen molar-refractivity contribution in [3.8, 4) is 6.07 Å². The van der Waals surface area contributed by atoms with Crippen molar-refractivity contribution in [2.45, 2.75) is 20.8 Å². The molecule has 3 nitrogen and oxygen atoms in total. The Morgan fingerprint density at radius 2 is 2.00 bits per heavy atom. The molecule has 0 heterocycles. The average molecular weight is 179 g/mol. The van der Waals surface area contributed by atoms with E-state index in [1.54, 1.807) is 0 Å². The van der Waals surface area contributed by atoms with Crippen LogP contribution in [0.1, 0.15) is 20.8 Å². The van der Waals surface area contributed by atoms with Gasteiger partial charge in [0.25, 0.3) is 0 Å². The molecule has 70 valence electrons. The molecule has 0 fully saturated rings. The van der Waals surface area contributed by atoms with Crippen molar-refractivity contribution < 1.29 is 9.90 Å². The normalized spacial score (nSPS) is 12.9. The number of carboxylic acid groups (broad SMARTS) is 1. The molecule has 0 bridgehead atoms. The van der Waals surface area contributed by atoms with Crippen LogP contribution in [0.15, 0.2) is 23.8 Å². The Bertz CT molecular complexity index is 287. The van der Waals surface area contributed by atoms with Crippen LogP contribution in [-0.2, 0) is 4.79 Å². The first-order chi connectivity index (χ1) is 5.88. The SMILES string of the molecule is CC(C)(C)C(/C=C\C#N)=C\C(=O)O. The van der Waals surface area contributed by atoms with Crippen LogP contribution in [0.4, 0.5) is 0 Å². The zero-order valence-corrected chi connectivity index (χ0v) is 8.03. The highest BCUT2D eigenvalue weighted by Crippen LogP contribution is 2.25. The van der Waals surface area contributed by atoms with Gasteiger partial charge in [0.05, 0.1) is 6.07 Å². The fraction of sp³-hybridized carbons (Fsp3) is 0.400. The largest absolute Gasteiger partial charge is 0.478 e. The van der Waals surface area contributed by atoms with E-state index < -0.39 is 5.97 Å². The summed E-state index contributed by atoms with van der Waals surface area (Å²) in [6.07, 6.45) is 3.92. The van der Waals surface area contributed by atoms with Crippen molar-refractivity contribution in [1.29, 1.82) is 5.26 Å². The van der Waals surface area contributed by atoms with Gasteiger partial charge in [0.1, 0.15) is 0 Å². The lowest BCUT2D eigenvalue weighted by molar-refractivity contribution is -0.131. The molecule has 0 rings (SSSR count). The first-order valence-electron chi connectivity index (χ1n) is 3.89. The van der Waals surface area contributed by atoms with Gasteiger partial charge in [-0.15, -0.1) is 0 Å². The molecular weight excluding hydrogens is 166 g/mol. The van der Waals surface area contributed by atoms with Gasteiger partial charge >= 0.3 is 5.97 Å². The predicted octanol–water partition coefficient (Wildman–Crippen LogP) is 2.12. The second-order valence-electron chi connectivity index (χ2n) is 3.65. The maximum absolute atomic E-state index is 10.4. The van der Waals surface area contributed by atoms with Gasteiger partial charge in [-0.2, -0.15) is 5.26 Å². The maximum Gasteiger partial charge on any atom is 0.328 e. The van der Waals surface area contributed by atoms with Crippen LogP contribution in [0.3, 0.4) is 0 Å². The molecular formula is C10H13NO2. The molecule has 0 radical (unpaired) electrons. The summed E-state index contributed by atoms with van der Waals surface area (Å²) < 4.78 is 0. The lowest BCUT2D eigenvalue weighted by atomic mass is 9.86. The molecule has 0 aromatic carbocycles. The van der Waals surface area contributed by atoms with Crippen molar-refractivity contribution in [2.75, 3.05) is 0 Å². The molecule has 3 heteroatoms. The molecule has 0 aromatic rings. The van der Waals surface area contributed by atoms with E-state index in [0.29, 0.717) is 5.57 Å². The lowest BCUT2D eigenvalue weighted by Crippen LogP contribution is -2.09. The van der Waals surface area contributed by atoms with Crippen molar-refractivity contribution in [3.63, 3.8) is 0 Å². The molecule has 0 aliphatic carbocycles. The molecule has 0 saturated heterocycles. The first-order valence-corrected chi connectivity index (χ1v) is 3.89. The molecule has 0 aliphatic heterocycles. The summed E-state index contributed by atoms with van der Waals surface area (Å²) in [7, 11) is 0. The minimum absolute atomic E-state index is 0.258. The fourth-order valence-electron chi connectivity index (χ4n) is 0.775. The van der Waals surface area contributed by atoms with Crippen LogP contribution in [0, 0.1) is 16.7 Å². The molecule has 13 heavy (non-hydrogen) atoms. The molecule has 0 aromatic heterocycles. The van der Waals surface area contributed by atoms with E-state index in [1.807, 2.05) is 26.8 Å². The second-order valence-corrected chi connectivity index (χ2v) is 3.65. The summed E-state index contributed by atoms with van der Waals surface area (Å²) in [5, 5.41) is 16.9.